The zero-order valence-electron chi connectivity index (χ0n) is 31.1. The van der Waals surface area contributed by atoms with E-state index in [-0.39, 0.29) is 6.61 Å². The number of carboxylic acid groups (broad SMARTS) is 1. The highest BCUT2D eigenvalue weighted by Crippen LogP contribution is 2.50. The lowest BCUT2D eigenvalue weighted by Gasteiger charge is -2.49. The molecule has 0 saturated heterocycles. The van der Waals surface area contributed by atoms with E-state index in [1.807, 2.05) is 105 Å². The minimum Gasteiger partial charge on any atom is -0.481 e. The Morgan fingerprint density at radius 2 is 0.891 bits per heavy atom. The Balaban J connectivity index is 1.23. The van der Waals surface area contributed by atoms with Gasteiger partial charge in [-0.1, -0.05) is 91.0 Å². The smallest absolute Gasteiger partial charge is 0.311 e. The molecule has 1 aliphatic rings. The Kier molecular flexibility index (Phi) is 11.9. The third kappa shape index (κ3) is 8.70. The maximum Gasteiger partial charge on any atom is 0.311 e. The van der Waals surface area contributed by atoms with E-state index >= 15 is 0 Å². The van der Waals surface area contributed by atoms with Crippen molar-refractivity contribution in [2.45, 2.75) is 32.5 Å². The summed E-state index contributed by atoms with van der Waals surface area (Å²) in [7, 11) is 3.17. The summed E-state index contributed by atoms with van der Waals surface area (Å²) in [6.45, 7) is 3.55. The average Bonchev–Trinajstić information content (AvgIpc) is 3.20. The van der Waals surface area contributed by atoms with Crippen molar-refractivity contribution >= 4 is 23.8 Å². The maximum absolute atomic E-state index is 14.5. The van der Waals surface area contributed by atoms with Crippen LogP contribution in [-0.2, 0) is 30.5 Å². The van der Waals surface area contributed by atoms with Gasteiger partial charge < -0.3 is 29.1 Å². The minimum absolute atomic E-state index is 0.105. The zero-order valence-corrected chi connectivity index (χ0v) is 31.1. The van der Waals surface area contributed by atoms with Crippen LogP contribution in [-0.4, -0.2) is 52.8 Å². The van der Waals surface area contributed by atoms with Crippen molar-refractivity contribution in [1.29, 1.82) is 0 Å². The van der Waals surface area contributed by atoms with Crippen molar-refractivity contribution in [2.24, 2.45) is 23.7 Å². The topological polar surface area (TPSA) is 123 Å². The molecule has 6 atom stereocenters. The number of benzene rings is 5. The van der Waals surface area contributed by atoms with Crippen LogP contribution in [0.4, 0.5) is 0 Å². The molecule has 55 heavy (non-hydrogen) atoms. The number of carbonyl (C=O) groups is 4. The van der Waals surface area contributed by atoms with Crippen molar-refractivity contribution in [2.75, 3.05) is 14.1 Å². The fraction of sp³-hybridized carbons (Fsp3) is 0.244. The maximum atomic E-state index is 14.5. The Bertz CT molecular complexity index is 2080. The number of rotatable bonds is 14. The highest BCUT2D eigenvalue weighted by atomic mass is 16.5. The number of esters is 1. The SMILES string of the molecule is C[C@@H](c1ccc(Oc2ccccc2)cc1)N(C)C(=O)C1C(C(=O)O)C(C(=O)OCc2ccccc2)C1C(=O)N(C)[C@@H](C)c1ccc(Oc2ccccc2)cc1. The lowest BCUT2D eigenvalue weighted by Crippen LogP contribution is -2.64. The zero-order chi connectivity index (χ0) is 39.1. The van der Waals surface area contributed by atoms with Crippen LogP contribution < -0.4 is 9.47 Å². The number of hydrogen-bond acceptors (Lipinski definition) is 7. The van der Waals surface area contributed by atoms with Crippen LogP contribution in [0, 0.1) is 23.7 Å². The first-order valence-electron chi connectivity index (χ1n) is 18.2. The van der Waals surface area contributed by atoms with Crippen molar-refractivity contribution in [1.82, 2.24) is 9.80 Å². The quantitative estimate of drug-likeness (QED) is 0.113. The molecule has 1 N–H and O–H groups in total. The van der Waals surface area contributed by atoms with E-state index < -0.39 is 59.5 Å². The summed E-state index contributed by atoms with van der Waals surface area (Å²) in [5, 5.41) is 10.5. The van der Waals surface area contributed by atoms with E-state index in [0.717, 1.165) is 11.1 Å². The van der Waals surface area contributed by atoms with Gasteiger partial charge in [-0.05, 0) is 79.1 Å². The van der Waals surface area contributed by atoms with Crippen LogP contribution in [0.1, 0.15) is 42.6 Å². The van der Waals surface area contributed by atoms with E-state index in [2.05, 4.69) is 0 Å². The molecule has 0 aliphatic heterocycles. The molecule has 1 fully saturated rings. The second-order valence-electron chi connectivity index (χ2n) is 13.8. The van der Waals surface area contributed by atoms with Crippen LogP contribution in [0.25, 0.3) is 0 Å². The predicted molar refractivity (Wildman–Crippen MR) is 206 cm³/mol. The summed E-state index contributed by atoms with van der Waals surface area (Å²) in [5.41, 5.74) is 2.26. The van der Waals surface area contributed by atoms with Gasteiger partial charge >= 0.3 is 11.9 Å². The third-order valence-corrected chi connectivity index (χ3v) is 10.4. The monoisotopic (exact) mass is 740 g/mol. The van der Waals surface area contributed by atoms with E-state index in [0.29, 0.717) is 28.6 Å². The summed E-state index contributed by atoms with van der Waals surface area (Å²) in [6, 6.07) is 41.2. The number of amides is 2. The van der Waals surface area contributed by atoms with Gasteiger partial charge in [-0.3, -0.25) is 19.2 Å². The fourth-order valence-corrected chi connectivity index (χ4v) is 6.96. The largest absolute Gasteiger partial charge is 0.481 e. The fourth-order valence-electron chi connectivity index (χ4n) is 6.96. The average molecular weight is 741 g/mol. The molecule has 0 spiro atoms. The number of para-hydroxylation sites is 2. The highest BCUT2D eigenvalue weighted by molar-refractivity contribution is 6.00. The predicted octanol–water partition coefficient (Wildman–Crippen LogP) is 8.32. The molecule has 1 aliphatic carbocycles. The van der Waals surface area contributed by atoms with Gasteiger partial charge in [0.2, 0.25) is 11.8 Å². The first kappa shape index (κ1) is 38.3. The number of carboxylic acids is 1. The first-order chi connectivity index (χ1) is 26.5. The van der Waals surface area contributed by atoms with Gasteiger partial charge in [-0.2, -0.15) is 0 Å². The number of aliphatic carboxylic acids is 1. The van der Waals surface area contributed by atoms with Crippen LogP contribution in [0.2, 0.25) is 0 Å². The molecule has 0 bridgehead atoms. The van der Waals surface area contributed by atoms with Gasteiger partial charge in [0.05, 0.1) is 35.8 Å². The van der Waals surface area contributed by atoms with Crippen molar-refractivity contribution < 1.29 is 38.5 Å². The van der Waals surface area contributed by atoms with Crippen molar-refractivity contribution in [3.8, 4) is 23.0 Å². The second kappa shape index (κ2) is 17.2. The van der Waals surface area contributed by atoms with Gasteiger partial charge in [0.25, 0.3) is 0 Å². The molecule has 10 nitrogen and oxygen atoms in total. The number of ether oxygens (including phenoxy) is 3. The second-order valence-corrected chi connectivity index (χ2v) is 13.8. The molecule has 0 radical (unpaired) electrons. The number of nitrogens with zero attached hydrogens (tertiary/aromatic N) is 2. The number of carbonyl (C=O) groups excluding carboxylic acids is 3. The molecule has 2 amide bonds. The molecule has 0 heterocycles. The highest BCUT2D eigenvalue weighted by Gasteiger charge is 2.65. The van der Waals surface area contributed by atoms with Crippen LogP contribution in [0.15, 0.2) is 140 Å². The van der Waals surface area contributed by atoms with Gasteiger partial charge in [-0.15, -0.1) is 0 Å². The molecule has 5 aromatic rings. The third-order valence-electron chi connectivity index (χ3n) is 10.4. The molecule has 282 valence electrons. The summed E-state index contributed by atoms with van der Waals surface area (Å²) < 4.78 is 17.5. The standard InChI is InChI=1S/C45H44N2O8/c1-29(32-20-24-36(25-21-32)54-34-16-10-6-11-17-34)46(3)42(48)38-39(41(40(38)44(50)51)45(52)53-28-31-14-8-5-9-15-31)43(49)47(4)30(2)33-22-26-37(27-23-33)55-35-18-12-7-13-19-35/h5-27,29-30,38-41H,28H2,1-4H3,(H,50,51)/t29-,30-,38?,39?,40?,41?/m0/s1. The molecule has 1 saturated carbocycles. The molecular weight excluding hydrogens is 697 g/mol. The van der Waals surface area contributed by atoms with Crippen LogP contribution in [0.5, 0.6) is 23.0 Å². The van der Waals surface area contributed by atoms with Gasteiger partial charge in [0, 0.05) is 14.1 Å². The van der Waals surface area contributed by atoms with Crippen LogP contribution >= 0.6 is 0 Å². The van der Waals surface area contributed by atoms with E-state index in [9.17, 15) is 24.3 Å². The first-order valence-corrected chi connectivity index (χ1v) is 18.2. The minimum atomic E-state index is -1.47. The van der Waals surface area contributed by atoms with Crippen LogP contribution in [0.3, 0.4) is 0 Å². The molecular formula is C45H44N2O8. The van der Waals surface area contributed by atoms with Crippen molar-refractivity contribution in [3.05, 3.63) is 156 Å². The van der Waals surface area contributed by atoms with Gasteiger partial charge in [-0.25, -0.2) is 0 Å². The summed E-state index contributed by atoms with van der Waals surface area (Å²) in [6.07, 6.45) is 0. The summed E-state index contributed by atoms with van der Waals surface area (Å²) in [4.78, 5) is 58.4. The Morgan fingerprint density at radius 3 is 1.29 bits per heavy atom. The normalized spacial score (nSPS) is 18.5. The Labute approximate surface area is 320 Å². The molecule has 4 unspecified atom stereocenters. The van der Waals surface area contributed by atoms with E-state index in [1.54, 1.807) is 62.6 Å². The van der Waals surface area contributed by atoms with E-state index in [1.165, 1.54) is 9.80 Å². The molecule has 5 aromatic carbocycles. The lowest BCUT2D eigenvalue weighted by atomic mass is 9.55. The number of hydrogen-bond donors (Lipinski definition) is 1. The molecule has 0 aromatic heterocycles. The van der Waals surface area contributed by atoms with Gasteiger partial charge in [0.1, 0.15) is 29.6 Å². The molecule has 6 rings (SSSR count). The Hall–Kier alpha value is -6.42. The van der Waals surface area contributed by atoms with Gasteiger partial charge in [0.15, 0.2) is 0 Å². The lowest BCUT2D eigenvalue weighted by molar-refractivity contribution is -0.190. The summed E-state index contributed by atoms with van der Waals surface area (Å²) in [5.74, 6) is -6.13. The Morgan fingerprint density at radius 1 is 0.527 bits per heavy atom. The van der Waals surface area contributed by atoms with Crippen molar-refractivity contribution in [3.63, 3.8) is 0 Å². The molecule has 10 heteroatoms. The van der Waals surface area contributed by atoms with E-state index in [4.69, 9.17) is 14.2 Å². The summed E-state index contributed by atoms with van der Waals surface area (Å²) >= 11 is 0.